The number of aryl methyl sites for hydroxylation is 1. The summed E-state index contributed by atoms with van der Waals surface area (Å²) in [5, 5.41) is 0. The van der Waals surface area contributed by atoms with Crippen LogP contribution in [0.1, 0.15) is 18.4 Å². The molecule has 0 aliphatic carbocycles. The van der Waals surface area contributed by atoms with E-state index in [1.54, 1.807) is 7.11 Å². The second-order valence-corrected chi connectivity index (χ2v) is 6.02. The Morgan fingerprint density at radius 3 is 2.78 bits per heavy atom. The number of rotatable bonds is 8. The van der Waals surface area contributed by atoms with E-state index in [-0.39, 0.29) is 12.5 Å². The molecule has 0 bridgehead atoms. The Morgan fingerprint density at radius 2 is 2.04 bits per heavy atom. The highest BCUT2D eigenvalue weighted by Gasteiger charge is 2.24. The molecule has 1 aliphatic heterocycles. The SMILES string of the molecule is COCCOCC(=O)N1CCC[C@@H](COc2ccc(C)cc2)C1. The molecule has 1 atom stereocenters. The second-order valence-electron chi connectivity index (χ2n) is 6.02. The number of carbonyl (C=O) groups excluding carboxylic acids is 1. The first-order valence-electron chi connectivity index (χ1n) is 8.23. The molecule has 1 aliphatic rings. The Bertz CT molecular complexity index is 474. The predicted molar refractivity (Wildman–Crippen MR) is 88.7 cm³/mol. The lowest BCUT2D eigenvalue weighted by atomic mass is 9.99. The van der Waals surface area contributed by atoms with Crippen molar-refractivity contribution in [3.05, 3.63) is 29.8 Å². The highest BCUT2D eigenvalue weighted by Crippen LogP contribution is 2.19. The van der Waals surface area contributed by atoms with Crippen molar-refractivity contribution in [2.45, 2.75) is 19.8 Å². The Kier molecular flexibility index (Phi) is 7.36. The number of ether oxygens (including phenoxy) is 3. The molecule has 23 heavy (non-hydrogen) atoms. The van der Waals surface area contributed by atoms with Gasteiger partial charge in [0, 0.05) is 26.1 Å². The fraction of sp³-hybridized carbons (Fsp3) is 0.611. The summed E-state index contributed by atoms with van der Waals surface area (Å²) in [7, 11) is 1.62. The first kappa shape index (κ1) is 17.8. The van der Waals surface area contributed by atoms with Gasteiger partial charge in [-0.05, 0) is 31.9 Å². The summed E-state index contributed by atoms with van der Waals surface area (Å²) in [6.45, 7) is 5.37. The van der Waals surface area contributed by atoms with Gasteiger partial charge in [0.15, 0.2) is 0 Å². The normalized spacial score (nSPS) is 18.0. The number of amides is 1. The average molecular weight is 321 g/mol. The Hall–Kier alpha value is -1.59. The Balaban J connectivity index is 1.72. The van der Waals surface area contributed by atoms with Gasteiger partial charge in [-0.15, -0.1) is 0 Å². The van der Waals surface area contributed by atoms with Crippen LogP contribution < -0.4 is 4.74 Å². The van der Waals surface area contributed by atoms with Gasteiger partial charge in [-0.2, -0.15) is 0 Å². The number of piperidine rings is 1. The number of methoxy groups -OCH3 is 1. The molecule has 0 N–H and O–H groups in total. The predicted octanol–water partition coefficient (Wildman–Crippen LogP) is 2.28. The molecule has 5 nitrogen and oxygen atoms in total. The molecule has 1 heterocycles. The van der Waals surface area contributed by atoms with E-state index < -0.39 is 0 Å². The fourth-order valence-electron chi connectivity index (χ4n) is 2.67. The standard InChI is InChI=1S/C18H27NO4/c1-15-5-7-17(8-6-15)23-13-16-4-3-9-19(12-16)18(20)14-22-11-10-21-2/h5-8,16H,3-4,9-14H2,1-2H3/t16-/m1/s1. The molecule has 0 spiro atoms. The van der Waals surface area contributed by atoms with Crippen LogP contribution in [0.15, 0.2) is 24.3 Å². The molecule has 1 amide bonds. The lowest BCUT2D eigenvalue weighted by Gasteiger charge is -2.32. The van der Waals surface area contributed by atoms with E-state index >= 15 is 0 Å². The highest BCUT2D eigenvalue weighted by molar-refractivity contribution is 5.77. The van der Waals surface area contributed by atoms with E-state index in [1.807, 2.05) is 29.2 Å². The van der Waals surface area contributed by atoms with Gasteiger partial charge in [0.25, 0.3) is 0 Å². The van der Waals surface area contributed by atoms with Crippen molar-refractivity contribution in [2.75, 3.05) is 46.6 Å². The maximum Gasteiger partial charge on any atom is 0.248 e. The third-order valence-electron chi connectivity index (χ3n) is 4.04. The molecule has 1 fully saturated rings. The van der Waals surface area contributed by atoms with Crippen molar-refractivity contribution in [2.24, 2.45) is 5.92 Å². The van der Waals surface area contributed by atoms with E-state index in [9.17, 15) is 4.79 Å². The maximum absolute atomic E-state index is 12.1. The minimum absolute atomic E-state index is 0.0566. The molecule has 1 saturated heterocycles. The van der Waals surface area contributed by atoms with Crippen LogP contribution in [0, 0.1) is 12.8 Å². The molecule has 128 valence electrons. The first-order chi connectivity index (χ1) is 11.2. The van der Waals surface area contributed by atoms with Crippen LogP contribution in [0.2, 0.25) is 0 Å². The summed E-state index contributed by atoms with van der Waals surface area (Å²) >= 11 is 0. The zero-order valence-electron chi connectivity index (χ0n) is 14.1. The van der Waals surface area contributed by atoms with Crippen LogP contribution in [0.25, 0.3) is 0 Å². The summed E-state index contributed by atoms with van der Waals surface area (Å²) in [5.74, 6) is 1.33. The lowest BCUT2D eigenvalue weighted by molar-refractivity contribution is -0.138. The lowest BCUT2D eigenvalue weighted by Crippen LogP contribution is -2.43. The monoisotopic (exact) mass is 321 g/mol. The summed E-state index contributed by atoms with van der Waals surface area (Å²) in [5.41, 5.74) is 1.22. The fourth-order valence-corrected chi connectivity index (χ4v) is 2.67. The van der Waals surface area contributed by atoms with Crippen LogP contribution in [-0.2, 0) is 14.3 Å². The third kappa shape index (κ3) is 6.20. The van der Waals surface area contributed by atoms with Gasteiger partial charge < -0.3 is 19.1 Å². The summed E-state index contributed by atoms with van der Waals surface area (Å²) in [4.78, 5) is 14.0. The van der Waals surface area contributed by atoms with E-state index in [4.69, 9.17) is 14.2 Å². The number of hydrogen-bond acceptors (Lipinski definition) is 4. The molecule has 1 aromatic carbocycles. The van der Waals surface area contributed by atoms with E-state index in [2.05, 4.69) is 6.92 Å². The van der Waals surface area contributed by atoms with Crippen molar-refractivity contribution >= 4 is 5.91 Å². The van der Waals surface area contributed by atoms with Crippen molar-refractivity contribution in [3.8, 4) is 5.75 Å². The van der Waals surface area contributed by atoms with Crippen LogP contribution >= 0.6 is 0 Å². The van der Waals surface area contributed by atoms with Crippen molar-refractivity contribution < 1.29 is 19.0 Å². The molecule has 0 saturated carbocycles. The number of carbonyl (C=O) groups is 1. The topological polar surface area (TPSA) is 48.0 Å². The molecule has 2 rings (SSSR count). The molecular weight excluding hydrogens is 294 g/mol. The Morgan fingerprint density at radius 1 is 1.26 bits per heavy atom. The number of benzene rings is 1. The number of nitrogens with zero attached hydrogens (tertiary/aromatic N) is 1. The van der Waals surface area contributed by atoms with Crippen LogP contribution in [-0.4, -0.2) is 57.4 Å². The van der Waals surface area contributed by atoms with Gasteiger partial charge in [0.1, 0.15) is 12.4 Å². The van der Waals surface area contributed by atoms with Crippen molar-refractivity contribution in [1.29, 1.82) is 0 Å². The zero-order chi connectivity index (χ0) is 16.5. The zero-order valence-corrected chi connectivity index (χ0v) is 14.1. The second kappa shape index (κ2) is 9.53. The first-order valence-corrected chi connectivity index (χ1v) is 8.23. The smallest absolute Gasteiger partial charge is 0.248 e. The molecule has 1 aromatic rings. The minimum Gasteiger partial charge on any atom is -0.493 e. The molecule has 5 heteroatoms. The van der Waals surface area contributed by atoms with Gasteiger partial charge >= 0.3 is 0 Å². The third-order valence-corrected chi connectivity index (χ3v) is 4.04. The average Bonchev–Trinajstić information content (AvgIpc) is 2.58. The van der Waals surface area contributed by atoms with Crippen LogP contribution in [0.4, 0.5) is 0 Å². The summed E-state index contributed by atoms with van der Waals surface area (Å²) in [6.07, 6.45) is 2.12. The quantitative estimate of drug-likeness (QED) is 0.689. The van der Waals surface area contributed by atoms with Crippen molar-refractivity contribution in [1.82, 2.24) is 4.90 Å². The summed E-state index contributed by atoms with van der Waals surface area (Å²) < 4.78 is 16.1. The summed E-state index contributed by atoms with van der Waals surface area (Å²) in [6, 6.07) is 8.07. The molecule has 0 radical (unpaired) electrons. The molecule has 0 aromatic heterocycles. The van der Waals surface area contributed by atoms with E-state index in [1.165, 1.54) is 5.56 Å². The van der Waals surface area contributed by atoms with E-state index in [0.29, 0.717) is 25.7 Å². The van der Waals surface area contributed by atoms with Gasteiger partial charge in [0.2, 0.25) is 5.91 Å². The largest absolute Gasteiger partial charge is 0.493 e. The van der Waals surface area contributed by atoms with E-state index in [0.717, 1.165) is 31.7 Å². The highest BCUT2D eigenvalue weighted by atomic mass is 16.5. The van der Waals surface area contributed by atoms with Gasteiger partial charge in [-0.1, -0.05) is 17.7 Å². The molecule has 0 unspecified atom stereocenters. The van der Waals surface area contributed by atoms with Gasteiger partial charge in [-0.25, -0.2) is 0 Å². The minimum atomic E-state index is 0.0566. The Labute approximate surface area is 138 Å². The van der Waals surface area contributed by atoms with Crippen LogP contribution in [0.3, 0.4) is 0 Å². The van der Waals surface area contributed by atoms with Crippen LogP contribution in [0.5, 0.6) is 5.75 Å². The number of hydrogen-bond donors (Lipinski definition) is 0. The maximum atomic E-state index is 12.1. The van der Waals surface area contributed by atoms with Gasteiger partial charge in [0.05, 0.1) is 19.8 Å². The molecular formula is C18H27NO4. The van der Waals surface area contributed by atoms with Gasteiger partial charge in [-0.3, -0.25) is 4.79 Å². The van der Waals surface area contributed by atoms with Crippen molar-refractivity contribution in [3.63, 3.8) is 0 Å². The number of likely N-dealkylation sites (tertiary alicyclic amines) is 1.